The lowest BCUT2D eigenvalue weighted by Gasteiger charge is -1.48. The summed E-state index contributed by atoms with van der Waals surface area (Å²) < 4.78 is 0. The van der Waals surface area contributed by atoms with Crippen molar-refractivity contribution in [3.63, 3.8) is 0 Å². The molecule has 1 heteroatoms. The highest BCUT2D eigenvalue weighted by molar-refractivity contribution is 7.80. The van der Waals surface area contributed by atoms with Crippen molar-refractivity contribution in [1.82, 2.24) is 0 Å². The molecule has 0 radical (unpaired) electrons. The minimum Gasteiger partial charge on any atom is -0.180 e. The third-order valence-corrected chi connectivity index (χ3v) is 0.167. The van der Waals surface area contributed by atoms with Crippen LogP contribution in [0, 0.1) is 0 Å². The van der Waals surface area contributed by atoms with Crippen LogP contribution in [0.5, 0.6) is 0 Å². The Morgan fingerprint density at radius 3 is 1.57 bits per heavy atom. The third kappa shape index (κ3) is 124. The molecule has 42 valence electrons. The van der Waals surface area contributed by atoms with E-state index in [1.54, 1.807) is 12.2 Å². The van der Waals surface area contributed by atoms with Crippen LogP contribution in [0.2, 0.25) is 0 Å². The molecule has 0 aromatic rings. The SMILES string of the molecule is C=CC=C.CCS. The van der Waals surface area contributed by atoms with Gasteiger partial charge in [0.25, 0.3) is 0 Å². The van der Waals surface area contributed by atoms with Crippen LogP contribution in [0.1, 0.15) is 6.92 Å². The van der Waals surface area contributed by atoms with Crippen molar-refractivity contribution in [2.24, 2.45) is 0 Å². The topological polar surface area (TPSA) is 0 Å². The van der Waals surface area contributed by atoms with E-state index >= 15 is 0 Å². The van der Waals surface area contributed by atoms with Crippen LogP contribution in [0.3, 0.4) is 0 Å². The fourth-order valence-electron chi connectivity index (χ4n) is 0. The third-order valence-electron chi connectivity index (χ3n) is 0.167. The van der Waals surface area contributed by atoms with E-state index in [-0.39, 0.29) is 0 Å². The molecule has 0 unspecified atom stereocenters. The number of hydrogen-bond acceptors (Lipinski definition) is 1. The Morgan fingerprint density at radius 2 is 1.57 bits per heavy atom. The summed E-state index contributed by atoms with van der Waals surface area (Å²) in [6.07, 6.45) is 3.28. The summed E-state index contributed by atoms with van der Waals surface area (Å²) in [5, 5.41) is 0. The first-order valence-electron chi connectivity index (χ1n) is 2.17. The lowest BCUT2D eigenvalue weighted by atomic mass is 10.6. The summed E-state index contributed by atoms with van der Waals surface area (Å²) in [5.74, 6) is 0.944. The van der Waals surface area contributed by atoms with Crippen LogP contribution < -0.4 is 0 Å². The largest absolute Gasteiger partial charge is 0.180 e. The maximum Gasteiger partial charge on any atom is -0.0126 e. The number of rotatable bonds is 1. The Bertz CT molecular complexity index is 33.4. The van der Waals surface area contributed by atoms with Crippen LogP contribution in [-0.2, 0) is 0 Å². The molecule has 0 saturated heterocycles. The lowest BCUT2D eigenvalue weighted by molar-refractivity contribution is 1.54. The molecule has 0 rings (SSSR count). The van der Waals surface area contributed by atoms with Crippen molar-refractivity contribution in [2.45, 2.75) is 6.92 Å². The van der Waals surface area contributed by atoms with Gasteiger partial charge >= 0.3 is 0 Å². The number of allylic oxidation sites excluding steroid dienone is 2. The standard InChI is InChI=1S/C4H6.C2H6S/c1-3-4-2;1-2-3/h3-4H,1-2H2;3H,2H2,1H3. The minimum atomic E-state index is 0.944. The molecule has 0 aromatic heterocycles. The van der Waals surface area contributed by atoms with Crippen LogP contribution in [0.25, 0.3) is 0 Å². The molecule has 7 heavy (non-hydrogen) atoms. The first-order chi connectivity index (χ1) is 3.33. The summed E-state index contributed by atoms with van der Waals surface area (Å²) in [4.78, 5) is 0. The molecule has 0 atom stereocenters. The van der Waals surface area contributed by atoms with Gasteiger partial charge in [-0.05, 0) is 5.75 Å². The summed E-state index contributed by atoms with van der Waals surface area (Å²) in [7, 11) is 0. The molecule has 0 spiro atoms. The lowest BCUT2D eigenvalue weighted by Crippen LogP contribution is -1.36. The molecule has 0 aromatic carbocycles. The van der Waals surface area contributed by atoms with Crippen molar-refractivity contribution in [1.29, 1.82) is 0 Å². The molecule has 0 fully saturated rings. The number of hydrogen-bond donors (Lipinski definition) is 1. The quantitative estimate of drug-likeness (QED) is 0.394. The van der Waals surface area contributed by atoms with Gasteiger partial charge in [0, 0.05) is 0 Å². The zero-order chi connectivity index (χ0) is 6.12. The Balaban J connectivity index is 0. The molecule has 0 amide bonds. The van der Waals surface area contributed by atoms with Gasteiger partial charge in [0.2, 0.25) is 0 Å². The van der Waals surface area contributed by atoms with E-state index in [0.717, 1.165) is 5.75 Å². The van der Waals surface area contributed by atoms with Crippen molar-refractivity contribution in [3.8, 4) is 0 Å². The smallest absolute Gasteiger partial charge is 0.0126 e. The van der Waals surface area contributed by atoms with Gasteiger partial charge in [0.05, 0.1) is 0 Å². The second-order valence-corrected chi connectivity index (χ2v) is 1.42. The monoisotopic (exact) mass is 116 g/mol. The van der Waals surface area contributed by atoms with Gasteiger partial charge in [0.15, 0.2) is 0 Å². The first-order valence-corrected chi connectivity index (χ1v) is 2.81. The highest BCUT2D eigenvalue weighted by Gasteiger charge is 1.35. The van der Waals surface area contributed by atoms with Gasteiger partial charge in [-0.25, -0.2) is 0 Å². The average molecular weight is 116 g/mol. The Morgan fingerprint density at radius 1 is 1.43 bits per heavy atom. The minimum absolute atomic E-state index is 0.944. The molecule has 0 saturated carbocycles. The Labute approximate surface area is 51.3 Å². The molecule has 0 aliphatic carbocycles. The van der Waals surface area contributed by atoms with E-state index in [1.807, 2.05) is 6.92 Å². The normalized spacial score (nSPS) is 5.43. The van der Waals surface area contributed by atoms with E-state index in [4.69, 9.17) is 0 Å². The van der Waals surface area contributed by atoms with Gasteiger partial charge in [-0.2, -0.15) is 12.6 Å². The summed E-state index contributed by atoms with van der Waals surface area (Å²) in [6.45, 7) is 8.71. The van der Waals surface area contributed by atoms with Crippen molar-refractivity contribution in [2.75, 3.05) is 5.75 Å². The van der Waals surface area contributed by atoms with E-state index < -0.39 is 0 Å². The van der Waals surface area contributed by atoms with Crippen LogP contribution in [0.15, 0.2) is 25.3 Å². The maximum absolute atomic E-state index is 3.79. The maximum atomic E-state index is 3.79. The van der Waals surface area contributed by atoms with Gasteiger partial charge < -0.3 is 0 Å². The summed E-state index contributed by atoms with van der Waals surface area (Å²) >= 11 is 3.79. The van der Waals surface area contributed by atoms with Crippen LogP contribution in [0.4, 0.5) is 0 Å². The molecular weight excluding hydrogens is 104 g/mol. The van der Waals surface area contributed by atoms with Crippen LogP contribution in [-0.4, -0.2) is 5.75 Å². The van der Waals surface area contributed by atoms with E-state index in [1.165, 1.54) is 0 Å². The predicted molar refractivity (Wildman–Crippen MR) is 39.9 cm³/mol. The fourth-order valence-corrected chi connectivity index (χ4v) is 0. The highest BCUT2D eigenvalue weighted by atomic mass is 32.1. The zero-order valence-corrected chi connectivity index (χ0v) is 5.62. The molecule has 0 bridgehead atoms. The van der Waals surface area contributed by atoms with Gasteiger partial charge in [-0.15, -0.1) is 0 Å². The number of thiol groups is 1. The molecule has 0 aliphatic heterocycles. The summed E-state index contributed by atoms with van der Waals surface area (Å²) in [5.41, 5.74) is 0. The Hall–Kier alpha value is -0.170. The fraction of sp³-hybridized carbons (Fsp3) is 0.333. The second-order valence-electron chi connectivity index (χ2n) is 0.788. The molecular formula is C6H12S. The molecule has 0 heterocycles. The van der Waals surface area contributed by atoms with Crippen LogP contribution >= 0.6 is 12.6 Å². The van der Waals surface area contributed by atoms with Crippen molar-refractivity contribution in [3.05, 3.63) is 25.3 Å². The molecule has 0 aliphatic rings. The molecule has 0 N–H and O–H groups in total. The average Bonchev–Trinajstić information content (AvgIpc) is 1.69. The van der Waals surface area contributed by atoms with Gasteiger partial charge in [-0.3, -0.25) is 0 Å². The van der Waals surface area contributed by atoms with E-state index in [2.05, 4.69) is 25.8 Å². The highest BCUT2D eigenvalue weighted by Crippen LogP contribution is 1.58. The second kappa shape index (κ2) is 17.0. The first kappa shape index (κ1) is 9.95. The van der Waals surface area contributed by atoms with Gasteiger partial charge in [-0.1, -0.05) is 32.2 Å². The van der Waals surface area contributed by atoms with Gasteiger partial charge in [0.1, 0.15) is 0 Å². The predicted octanol–water partition coefficient (Wildman–Crippen LogP) is 2.29. The van der Waals surface area contributed by atoms with E-state index in [9.17, 15) is 0 Å². The van der Waals surface area contributed by atoms with E-state index in [0.29, 0.717) is 0 Å². The van der Waals surface area contributed by atoms with Crippen molar-refractivity contribution < 1.29 is 0 Å². The van der Waals surface area contributed by atoms with Crippen molar-refractivity contribution >= 4 is 12.6 Å². The zero-order valence-electron chi connectivity index (χ0n) is 4.72. The molecule has 0 nitrogen and oxygen atoms in total. The Kier molecular flexibility index (Phi) is 24.1. The summed E-state index contributed by atoms with van der Waals surface area (Å²) in [6, 6.07) is 0.